The summed E-state index contributed by atoms with van der Waals surface area (Å²) in [5, 5.41) is 9.02. The number of nitrogens with zero attached hydrogens (tertiary/aromatic N) is 2. The van der Waals surface area contributed by atoms with E-state index >= 15 is 0 Å². The molecule has 0 saturated carbocycles. The molecule has 1 aromatic carbocycles. The number of hydrogen-bond donors (Lipinski definition) is 1. The van der Waals surface area contributed by atoms with E-state index < -0.39 is 5.97 Å². The molecular formula is C16H18N2O3. The molecular weight excluding hydrogens is 268 g/mol. The summed E-state index contributed by atoms with van der Waals surface area (Å²) in [6.45, 7) is 2.54. The topological polar surface area (TPSA) is 62.5 Å². The second-order valence-corrected chi connectivity index (χ2v) is 5.06. The molecule has 0 radical (unpaired) electrons. The van der Waals surface area contributed by atoms with Crippen molar-refractivity contribution in [1.82, 2.24) is 9.47 Å². The quantitative estimate of drug-likeness (QED) is 0.916. The summed E-state index contributed by atoms with van der Waals surface area (Å²) in [5.41, 5.74) is 2.33. The third-order valence-corrected chi connectivity index (χ3v) is 3.32. The van der Waals surface area contributed by atoms with E-state index in [0.29, 0.717) is 6.54 Å². The fourth-order valence-electron chi connectivity index (χ4n) is 2.07. The van der Waals surface area contributed by atoms with Gasteiger partial charge in [0.25, 0.3) is 0 Å². The van der Waals surface area contributed by atoms with Gasteiger partial charge in [0.15, 0.2) is 0 Å². The molecule has 0 saturated heterocycles. The van der Waals surface area contributed by atoms with Crippen LogP contribution in [0.1, 0.15) is 21.6 Å². The highest BCUT2D eigenvalue weighted by atomic mass is 16.4. The van der Waals surface area contributed by atoms with Crippen LogP contribution in [0.4, 0.5) is 0 Å². The Morgan fingerprint density at radius 2 is 1.86 bits per heavy atom. The minimum atomic E-state index is -1.03. The minimum Gasteiger partial charge on any atom is -0.477 e. The number of rotatable bonds is 5. The summed E-state index contributed by atoms with van der Waals surface area (Å²) in [5.74, 6) is -1.16. The second-order valence-electron chi connectivity index (χ2n) is 5.06. The summed E-state index contributed by atoms with van der Waals surface area (Å²) < 4.78 is 1.44. The lowest BCUT2D eigenvalue weighted by molar-refractivity contribution is -0.131. The number of benzene rings is 1. The second kappa shape index (κ2) is 6.26. The third-order valence-electron chi connectivity index (χ3n) is 3.32. The van der Waals surface area contributed by atoms with Gasteiger partial charge in [-0.25, -0.2) is 4.79 Å². The fraction of sp³-hybridized carbons (Fsp3) is 0.250. The summed E-state index contributed by atoms with van der Waals surface area (Å²) in [6.07, 6.45) is 1.60. The normalized spacial score (nSPS) is 10.4. The van der Waals surface area contributed by atoms with Gasteiger partial charge in [-0.3, -0.25) is 4.79 Å². The Labute approximate surface area is 123 Å². The van der Waals surface area contributed by atoms with Gasteiger partial charge in [-0.05, 0) is 24.6 Å². The number of carbonyl (C=O) groups is 2. The molecule has 0 aliphatic carbocycles. The lowest BCUT2D eigenvalue weighted by Gasteiger charge is -2.18. The van der Waals surface area contributed by atoms with Crippen LogP contribution in [-0.2, 0) is 17.9 Å². The van der Waals surface area contributed by atoms with Crippen LogP contribution in [0.25, 0.3) is 0 Å². The molecule has 1 amide bonds. The lowest BCUT2D eigenvalue weighted by Crippen LogP contribution is -2.30. The van der Waals surface area contributed by atoms with Crippen molar-refractivity contribution in [1.29, 1.82) is 0 Å². The molecule has 5 nitrogen and oxygen atoms in total. The van der Waals surface area contributed by atoms with Gasteiger partial charge in [-0.2, -0.15) is 0 Å². The van der Waals surface area contributed by atoms with Crippen LogP contribution in [0, 0.1) is 6.92 Å². The molecule has 0 aliphatic rings. The molecule has 1 N–H and O–H groups in total. The Morgan fingerprint density at radius 1 is 1.19 bits per heavy atom. The first-order chi connectivity index (χ1) is 9.97. The molecule has 110 valence electrons. The van der Waals surface area contributed by atoms with Crippen molar-refractivity contribution >= 4 is 11.9 Å². The standard InChI is InChI=1S/C16H18N2O3/c1-12-5-7-13(8-6-12)10-17(2)15(19)11-18-9-3-4-14(18)16(20)21/h3-9H,10-11H2,1-2H3,(H,20,21). The molecule has 2 rings (SSSR count). The fourth-order valence-corrected chi connectivity index (χ4v) is 2.07. The number of aromatic nitrogens is 1. The van der Waals surface area contributed by atoms with Crippen LogP contribution in [0.5, 0.6) is 0 Å². The number of aromatic carboxylic acids is 1. The highest BCUT2D eigenvalue weighted by molar-refractivity contribution is 5.86. The van der Waals surface area contributed by atoms with Gasteiger partial charge >= 0.3 is 5.97 Å². The molecule has 0 fully saturated rings. The van der Waals surface area contributed by atoms with Crippen LogP contribution in [0.2, 0.25) is 0 Å². The molecule has 0 bridgehead atoms. The van der Waals surface area contributed by atoms with Crippen molar-refractivity contribution < 1.29 is 14.7 Å². The Balaban J connectivity index is 2.01. The van der Waals surface area contributed by atoms with Gasteiger partial charge in [0.05, 0.1) is 0 Å². The molecule has 21 heavy (non-hydrogen) atoms. The van der Waals surface area contributed by atoms with Gasteiger partial charge in [0.1, 0.15) is 12.2 Å². The van der Waals surface area contributed by atoms with E-state index in [9.17, 15) is 9.59 Å². The first kappa shape index (κ1) is 14.8. The van der Waals surface area contributed by atoms with Crippen LogP contribution < -0.4 is 0 Å². The summed E-state index contributed by atoms with van der Waals surface area (Å²) >= 11 is 0. The average Bonchev–Trinajstić information content (AvgIpc) is 2.89. The summed E-state index contributed by atoms with van der Waals surface area (Å²) in [7, 11) is 1.71. The van der Waals surface area contributed by atoms with Gasteiger partial charge in [-0.15, -0.1) is 0 Å². The largest absolute Gasteiger partial charge is 0.477 e. The molecule has 0 atom stereocenters. The van der Waals surface area contributed by atoms with Crippen molar-refractivity contribution in [3.05, 3.63) is 59.4 Å². The zero-order chi connectivity index (χ0) is 15.4. The highest BCUT2D eigenvalue weighted by Crippen LogP contribution is 2.08. The van der Waals surface area contributed by atoms with Gasteiger partial charge in [-0.1, -0.05) is 29.8 Å². The van der Waals surface area contributed by atoms with E-state index in [-0.39, 0.29) is 18.1 Å². The predicted octanol–water partition coefficient (Wildman–Crippen LogP) is 2.15. The predicted molar refractivity (Wildman–Crippen MR) is 79.0 cm³/mol. The summed E-state index contributed by atoms with van der Waals surface area (Å²) in [4.78, 5) is 24.8. The number of hydrogen-bond acceptors (Lipinski definition) is 2. The zero-order valence-electron chi connectivity index (χ0n) is 12.1. The smallest absolute Gasteiger partial charge is 0.352 e. The van der Waals surface area contributed by atoms with Crippen LogP contribution in [0.3, 0.4) is 0 Å². The zero-order valence-corrected chi connectivity index (χ0v) is 12.1. The maximum absolute atomic E-state index is 12.2. The van der Waals surface area contributed by atoms with E-state index in [0.717, 1.165) is 5.56 Å². The number of carboxylic acid groups (broad SMARTS) is 1. The average molecular weight is 286 g/mol. The van der Waals surface area contributed by atoms with E-state index in [1.807, 2.05) is 31.2 Å². The van der Waals surface area contributed by atoms with Crippen molar-refractivity contribution in [3.63, 3.8) is 0 Å². The Kier molecular flexibility index (Phi) is 4.42. The van der Waals surface area contributed by atoms with Crippen molar-refractivity contribution in [2.45, 2.75) is 20.0 Å². The molecule has 0 spiro atoms. The monoisotopic (exact) mass is 286 g/mol. The van der Waals surface area contributed by atoms with Crippen molar-refractivity contribution in [2.24, 2.45) is 0 Å². The number of amides is 1. The number of carboxylic acids is 1. The molecule has 0 unspecified atom stereocenters. The number of likely N-dealkylation sites (N-methyl/N-ethyl adjacent to an activating group) is 1. The molecule has 0 aliphatic heterocycles. The van der Waals surface area contributed by atoms with E-state index in [4.69, 9.17) is 5.11 Å². The minimum absolute atomic E-state index is 0.0248. The van der Waals surface area contributed by atoms with Crippen LogP contribution in [-0.4, -0.2) is 33.5 Å². The van der Waals surface area contributed by atoms with Gasteiger partial charge < -0.3 is 14.6 Å². The van der Waals surface area contributed by atoms with E-state index in [2.05, 4.69) is 0 Å². The van der Waals surface area contributed by atoms with E-state index in [1.54, 1.807) is 24.2 Å². The van der Waals surface area contributed by atoms with Crippen LogP contribution >= 0.6 is 0 Å². The molecule has 1 aromatic heterocycles. The Bertz CT molecular complexity index is 644. The third kappa shape index (κ3) is 3.72. The number of carbonyl (C=O) groups excluding carboxylic acids is 1. The van der Waals surface area contributed by atoms with Gasteiger partial charge in [0, 0.05) is 19.8 Å². The maximum Gasteiger partial charge on any atom is 0.352 e. The summed E-state index contributed by atoms with van der Waals surface area (Å²) in [6, 6.07) is 11.1. The Morgan fingerprint density at radius 3 is 2.48 bits per heavy atom. The lowest BCUT2D eigenvalue weighted by atomic mass is 10.1. The van der Waals surface area contributed by atoms with Gasteiger partial charge in [0.2, 0.25) is 5.91 Å². The highest BCUT2D eigenvalue weighted by Gasteiger charge is 2.14. The first-order valence-electron chi connectivity index (χ1n) is 6.65. The van der Waals surface area contributed by atoms with Crippen LogP contribution in [0.15, 0.2) is 42.6 Å². The molecule has 1 heterocycles. The molecule has 2 aromatic rings. The number of aryl methyl sites for hydroxylation is 1. The molecule has 5 heteroatoms. The van der Waals surface area contributed by atoms with E-state index in [1.165, 1.54) is 16.2 Å². The maximum atomic E-state index is 12.2. The van der Waals surface area contributed by atoms with Crippen molar-refractivity contribution in [3.8, 4) is 0 Å². The SMILES string of the molecule is Cc1ccc(CN(C)C(=O)Cn2cccc2C(=O)O)cc1. The Hall–Kier alpha value is -2.56. The van der Waals surface area contributed by atoms with Crippen molar-refractivity contribution in [2.75, 3.05) is 7.05 Å². The first-order valence-corrected chi connectivity index (χ1v) is 6.65.